The van der Waals surface area contributed by atoms with E-state index in [-0.39, 0.29) is 42.7 Å². The summed E-state index contributed by atoms with van der Waals surface area (Å²) in [4.78, 5) is 14.9. The molecule has 2 fully saturated rings. The molecule has 3 rings (SSSR count). The van der Waals surface area contributed by atoms with Gasteiger partial charge in [0.15, 0.2) is 0 Å². The van der Waals surface area contributed by atoms with Gasteiger partial charge >= 0.3 is 0 Å². The molecule has 1 amide bonds. The van der Waals surface area contributed by atoms with Crippen LogP contribution in [0, 0.1) is 5.92 Å². The van der Waals surface area contributed by atoms with Crippen molar-refractivity contribution in [1.82, 2.24) is 5.32 Å². The lowest BCUT2D eigenvalue weighted by Crippen LogP contribution is -2.47. The molecule has 0 saturated carbocycles. The van der Waals surface area contributed by atoms with Crippen molar-refractivity contribution in [2.24, 2.45) is 11.7 Å². The highest BCUT2D eigenvalue weighted by Gasteiger charge is 2.27. The monoisotopic (exact) mass is 403 g/mol. The zero-order chi connectivity index (χ0) is 16.9. The predicted molar refractivity (Wildman–Crippen MR) is 110 cm³/mol. The number of rotatable bonds is 5. The Morgan fingerprint density at radius 2 is 1.88 bits per heavy atom. The van der Waals surface area contributed by atoms with Crippen molar-refractivity contribution in [3.05, 3.63) is 29.8 Å². The number of benzene rings is 1. The summed E-state index contributed by atoms with van der Waals surface area (Å²) >= 11 is 0. The molecule has 2 saturated heterocycles. The van der Waals surface area contributed by atoms with E-state index in [1.807, 2.05) is 6.92 Å². The highest BCUT2D eigenvalue weighted by molar-refractivity contribution is 5.85. The molecule has 2 unspecified atom stereocenters. The molecule has 0 aliphatic carbocycles. The molecule has 2 aliphatic heterocycles. The first-order valence-corrected chi connectivity index (χ1v) is 9.14. The summed E-state index contributed by atoms with van der Waals surface area (Å²) in [5.41, 5.74) is 8.55. The van der Waals surface area contributed by atoms with E-state index >= 15 is 0 Å². The lowest BCUT2D eigenvalue weighted by Gasteiger charge is -2.28. The van der Waals surface area contributed by atoms with E-state index in [9.17, 15) is 4.79 Å². The van der Waals surface area contributed by atoms with Crippen molar-refractivity contribution in [3.63, 3.8) is 0 Å². The van der Waals surface area contributed by atoms with Crippen LogP contribution in [-0.4, -0.2) is 38.3 Å². The number of ether oxygens (including phenoxy) is 1. The van der Waals surface area contributed by atoms with Gasteiger partial charge in [0, 0.05) is 32.0 Å². The van der Waals surface area contributed by atoms with Crippen molar-refractivity contribution in [2.75, 3.05) is 31.2 Å². The quantitative estimate of drug-likeness (QED) is 0.792. The summed E-state index contributed by atoms with van der Waals surface area (Å²) in [5.74, 6) is 0.169. The van der Waals surface area contributed by atoms with Gasteiger partial charge in [0.1, 0.15) is 0 Å². The van der Waals surface area contributed by atoms with Crippen LogP contribution in [-0.2, 0) is 9.53 Å². The van der Waals surface area contributed by atoms with E-state index in [2.05, 4.69) is 34.5 Å². The zero-order valence-corrected chi connectivity index (χ0v) is 17.0. The van der Waals surface area contributed by atoms with Crippen LogP contribution in [0.2, 0.25) is 0 Å². The first-order chi connectivity index (χ1) is 11.6. The molecule has 148 valence electrons. The van der Waals surface area contributed by atoms with Crippen LogP contribution in [0.4, 0.5) is 5.69 Å². The minimum Gasteiger partial charge on any atom is -0.381 e. The van der Waals surface area contributed by atoms with Gasteiger partial charge < -0.3 is 20.7 Å². The molecular weight excluding hydrogens is 373 g/mol. The van der Waals surface area contributed by atoms with Crippen molar-refractivity contribution >= 4 is 36.4 Å². The number of nitrogens with two attached hydrogens (primary N) is 1. The predicted octanol–water partition coefficient (Wildman–Crippen LogP) is 3.06. The Labute approximate surface area is 168 Å². The minimum absolute atomic E-state index is 0. The van der Waals surface area contributed by atoms with Crippen LogP contribution >= 0.6 is 24.8 Å². The van der Waals surface area contributed by atoms with Gasteiger partial charge in [0.25, 0.3) is 0 Å². The molecular formula is C19H31Cl2N3O2. The summed E-state index contributed by atoms with van der Waals surface area (Å²) in [6, 6.07) is 8.01. The number of nitrogens with one attached hydrogen (secondary N) is 1. The van der Waals surface area contributed by atoms with Crippen molar-refractivity contribution in [1.29, 1.82) is 0 Å². The number of halogens is 2. The minimum atomic E-state index is -0.446. The molecule has 26 heavy (non-hydrogen) atoms. The fourth-order valence-corrected chi connectivity index (χ4v) is 3.65. The van der Waals surface area contributed by atoms with Gasteiger partial charge in [-0.05, 0) is 56.2 Å². The maximum atomic E-state index is 12.5. The highest BCUT2D eigenvalue weighted by Crippen LogP contribution is 2.24. The highest BCUT2D eigenvalue weighted by atomic mass is 35.5. The van der Waals surface area contributed by atoms with Crippen LogP contribution < -0.4 is 16.0 Å². The lowest BCUT2D eigenvalue weighted by molar-refractivity contribution is -0.125. The van der Waals surface area contributed by atoms with E-state index in [0.717, 1.165) is 31.5 Å². The molecule has 3 N–H and O–H groups in total. The second kappa shape index (κ2) is 11.0. The average molecular weight is 404 g/mol. The maximum Gasteiger partial charge on any atom is 0.237 e. The van der Waals surface area contributed by atoms with Crippen molar-refractivity contribution in [3.8, 4) is 0 Å². The third kappa shape index (κ3) is 5.74. The fourth-order valence-electron chi connectivity index (χ4n) is 3.65. The first-order valence-electron chi connectivity index (χ1n) is 9.14. The van der Waals surface area contributed by atoms with Gasteiger partial charge in [-0.15, -0.1) is 24.8 Å². The Bertz CT molecular complexity index is 561. The molecule has 1 aromatic carbocycles. The Morgan fingerprint density at radius 1 is 1.23 bits per heavy atom. The number of nitrogens with zero attached hydrogens (tertiary/aromatic N) is 1. The van der Waals surface area contributed by atoms with Crippen LogP contribution in [0.3, 0.4) is 0 Å². The maximum absolute atomic E-state index is 12.5. The Hall–Kier alpha value is -1.01. The van der Waals surface area contributed by atoms with Crippen LogP contribution in [0.15, 0.2) is 24.3 Å². The third-order valence-corrected chi connectivity index (χ3v) is 5.28. The normalized spacial score (nSPS) is 19.8. The summed E-state index contributed by atoms with van der Waals surface area (Å²) in [7, 11) is 0. The number of hydrogen-bond donors (Lipinski definition) is 2. The molecule has 2 atom stereocenters. The Kier molecular flexibility index (Phi) is 9.72. The van der Waals surface area contributed by atoms with Crippen molar-refractivity contribution < 1.29 is 9.53 Å². The second-order valence-corrected chi connectivity index (χ2v) is 7.00. The molecule has 7 heteroatoms. The summed E-state index contributed by atoms with van der Waals surface area (Å²) in [6.07, 6.45) is 4.26. The number of carbonyl (C=O) groups is 1. The molecule has 0 aromatic heterocycles. The van der Waals surface area contributed by atoms with Crippen LogP contribution in [0.1, 0.15) is 44.2 Å². The smallest absolute Gasteiger partial charge is 0.237 e. The standard InChI is InChI=1S/C19H29N3O2.2ClH/c1-14(21-19(23)18(20)15-7-11-24-12-8-15)16-5-4-6-17(13-16)22-9-2-3-10-22;;/h4-6,13-15,18H,2-3,7-12,20H2,1H3,(H,21,23);2*1H. The molecule has 5 nitrogen and oxygen atoms in total. The molecule has 0 bridgehead atoms. The van der Waals surface area contributed by atoms with Gasteiger partial charge in [-0.2, -0.15) is 0 Å². The second-order valence-electron chi connectivity index (χ2n) is 7.00. The SMILES string of the molecule is CC(NC(=O)C(N)C1CCOCC1)c1cccc(N2CCCC2)c1.Cl.Cl. The molecule has 2 heterocycles. The summed E-state index contributed by atoms with van der Waals surface area (Å²) in [5, 5.41) is 3.09. The summed E-state index contributed by atoms with van der Waals surface area (Å²) < 4.78 is 5.35. The Balaban J connectivity index is 0.00000169. The van der Waals surface area contributed by atoms with Gasteiger partial charge in [-0.1, -0.05) is 12.1 Å². The lowest BCUT2D eigenvalue weighted by atomic mass is 9.91. The number of carbonyl (C=O) groups excluding carboxylic acids is 1. The van der Waals surface area contributed by atoms with Gasteiger partial charge in [-0.3, -0.25) is 4.79 Å². The van der Waals surface area contributed by atoms with E-state index in [1.54, 1.807) is 0 Å². The molecule has 0 spiro atoms. The zero-order valence-electron chi connectivity index (χ0n) is 15.4. The van der Waals surface area contributed by atoms with E-state index in [0.29, 0.717) is 13.2 Å². The summed E-state index contributed by atoms with van der Waals surface area (Å²) in [6.45, 7) is 5.69. The fraction of sp³-hybridized carbons (Fsp3) is 0.632. The largest absolute Gasteiger partial charge is 0.381 e. The molecule has 2 aliphatic rings. The molecule has 1 aromatic rings. The number of hydrogen-bond acceptors (Lipinski definition) is 4. The van der Waals surface area contributed by atoms with Gasteiger partial charge in [0.05, 0.1) is 12.1 Å². The van der Waals surface area contributed by atoms with Gasteiger partial charge in [-0.25, -0.2) is 0 Å². The third-order valence-electron chi connectivity index (χ3n) is 5.28. The molecule has 0 radical (unpaired) electrons. The van der Waals surface area contributed by atoms with E-state index in [4.69, 9.17) is 10.5 Å². The Morgan fingerprint density at radius 3 is 2.54 bits per heavy atom. The van der Waals surface area contributed by atoms with Gasteiger partial charge in [0.2, 0.25) is 5.91 Å². The number of anilines is 1. The van der Waals surface area contributed by atoms with Crippen LogP contribution in [0.5, 0.6) is 0 Å². The van der Waals surface area contributed by atoms with E-state index < -0.39 is 6.04 Å². The van der Waals surface area contributed by atoms with Crippen molar-refractivity contribution in [2.45, 2.75) is 44.7 Å². The van der Waals surface area contributed by atoms with E-state index in [1.165, 1.54) is 18.5 Å². The topological polar surface area (TPSA) is 67.6 Å². The average Bonchev–Trinajstić information content (AvgIpc) is 3.16. The van der Waals surface area contributed by atoms with Crippen LogP contribution in [0.25, 0.3) is 0 Å². The number of amides is 1. The first kappa shape index (κ1) is 23.0.